The molecule has 0 radical (unpaired) electrons. The number of rotatable bonds is 5. The first-order valence-corrected chi connectivity index (χ1v) is 8.01. The van der Waals surface area contributed by atoms with Crippen molar-refractivity contribution in [3.63, 3.8) is 0 Å². The number of carbonyl (C=O) groups excluding carboxylic acids is 1. The maximum absolute atomic E-state index is 12.1. The van der Waals surface area contributed by atoms with Crippen molar-refractivity contribution in [1.29, 1.82) is 0 Å². The highest BCUT2D eigenvalue weighted by molar-refractivity contribution is 5.90. The van der Waals surface area contributed by atoms with Crippen molar-refractivity contribution in [3.05, 3.63) is 48.0 Å². The minimum Gasteiger partial charge on any atom is -0.295 e. The monoisotopic (exact) mass is 270 g/mol. The Morgan fingerprint density at radius 3 is 2.45 bits per heavy atom. The van der Waals surface area contributed by atoms with E-state index in [9.17, 15) is 4.79 Å². The summed E-state index contributed by atoms with van der Waals surface area (Å²) in [5.74, 6) is 1.21. The average molecular weight is 270 g/mol. The molecular formula is C19H26O. The summed E-state index contributed by atoms with van der Waals surface area (Å²) < 4.78 is 0. The molecule has 1 aliphatic rings. The standard InChI is InChI=1S/C19H26O/c1-16(18-11-7-4-8-12-18)15-19(20)14-13-17-9-5-2-3-6-10-17/h4,7-8,11-14,16-17H,2-3,5-6,9-10,15H2,1H3/b14-13+. The van der Waals surface area contributed by atoms with E-state index < -0.39 is 0 Å². The van der Waals surface area contributed by atoms with Crippen LogP contribution in [-0.2, 0) is 4.79 Å². The lowest BCUT2D eigenvalue weighted by Gasteiger charge is -2.10. The Bertz CT molecular complexity index is 424. The van der Waals surface area contributed by atoms with E-state index in [1.807, 2.05) is 24.3 Å². The predicted octanol–water partition coefficient (Wildman–Crippen LogP) is 5.28. The zero-order valence-corrected chi connectivity index (χ0v) is 12.6. The third-order valence-corrected chi connectivity index (χ3v) is 4.33. The molecule has 0 aliphatic heterocycles. The normalized spacial score (nSPS) is 18.9. The van der Waals surface area contributed by atoms with Crippen molar-refractivity contribution < 1.29 is 4.79 Å². The number of hydrogen-bond donors (Lipinski definition) is 0. The molecule has 1 fully saturated rings. The van der Waals surface area contributed by atoms with Crippen molar-refractivity contribution in [2.45, 2.75) is 57.8 Å². The number of hydrogen-bond acceptors (Lipinski definition) is 1. The summed E-state index contributed by atoms with van der Waals surface area (Å²) >= 11 is 0. The molecule has 1 aromatic carbocycles. The molecule has 1 aliphatic carbocycles. The number of allylic oxidation sites excluding steroid dienone is 2. The van der Waals surface area contributed by atoms with Crippen molar-refractivity contribution in [3.8, 4) is 0 Å². The van der Waals surface area contributed by atoms with Gasteiger partial charge in [0.25, 0.3) is 0 Å². The van der Waals surface area contributed by atoms with E-state index in [0.29, 0.717) is 18.3 Å². The molecule has 108 valence electrons. The van der Waals surface area contributed by atoms with Gasteiger partial charge in [0.05, 0.1) is 0 Å². The number of carbonyl (C=O) groups is 1. The zero-order valence-electron chi connectivity index (χ0n) is 12.6. The van der Waals surface area contributed by atoms with E-state index in [-0.39, 0.29) is 5.78 Å². The van der Waals surface area contributed by atoms with Gasteiger partial charge in [-0.2, -0.15) is 0 Å². The van der Waals surface area contributed by atoms with Crippen LogP contribution in [0, 0.1) is 5.92 Å². The summed E-state index contributed by atoms with van der Waals surface area (Å²) in [6.07, 6.45) is 12.5. The molecule has 0 spiro atoms. The summed E-state index contributed by atoms with van der Waals surface area (Å²) in [5, 5.41) is 0. The fourth-order valence-electron chi connectivity index (χ4n) is 3.02. The van der Waals surface area contributed by atoms with Gasteiger partial charge < -0.3 is 0 Å². The van der Waals surface area contributed by atoms with Gasteiger partial charge in [-0.25, -0.2) is 0 Å². The highest BCUT2D eigenvalue weighted by Gasteiger charge is 2.11. The molecule has 0 saturated heterocycles. The van der Waals surface area contributed by atoms with Crippen LogP contribution in [0.5, 0.6) is 0 Å². The quantitative estimate of drug-likeness (QED) is 0.526. The molecule has 1 aromatic rings. The first kappa shape index (κ1) is 15.0. The summed E-state index contributed by atoms with van der Waals surface area (Å²) in [7, 11) is 0. The van der Waals surface area contributed by atoms with Gasteiger partial charge in [-0.05, 0) is 36.3 Å². The Labute approximate surface area is 123 Å². The molecule has 0 aromatic heterocycles. The molecule has 20 heavy (non-hydrogen) atoms. The van der Waals surface area contributed by atoms with E-state index in [2.05, 4.69) is 25.1 Å². The van der Waals surface area contributed by atoms with E-state index >= 15 is 0 Å². The van der Waals surface area contributed by atoms with E-state index in [0.717, 1.165) is 0 Å². The molecule has 1 atom stereocenters. The van der Waals surface area contributed by atoms with E-state index in [4.69, 9.17) is 0 Å². The zero-order chi connectivity index (χ0) is 14.2. The number of benzene rings is 1. The van der Waals surface area contributed by atoms with Gasteiger partial charge in [-0.3, -0.25) is 4.79 Å². The summed E-state index contributed by atoms with van der Waals surface area (Å²) in [5.41, 5.74) is 1.25. The second kappa shape index (κ2) is 8.04. The summed E-state index contributed by atoms with van der Waals surface area (Å²) in [6, 6.07) is 10.3. The number of ketones is 1. The van der Waals surface area contributed by atoms with Crippen LogP contribution in [0.4, 0.5) is 0 Å². The lowest BCUT2D eigenvalue weighted by Crippen LogP contribution is -2.03. The Kier molecular flexibility index (Phi) is 6.04. The molecule has 2 rings (SSSR count). The SMILES string of the molecule is CC(CC(=O)/C=C/C1CCCCCC1)c1ccccc1. The Morgan fingerprint density at radius 1 is 1.15 bits per heavy atom. The Hall–Kier alpha value is -1.37. The second-order valence-electron chi connectivity index (χ2n) is 6.09. The smallest absolute Gasteiger partial charge is 0.155 e. The molecule has 1 heteroatoms. The van der Waals surface area contributed by atoms with E-state index in [1.54, 1.807) is 0 Å². The van der Waals surface area contributed by atoms with Crippen LogP contribution in [0.3, 0.4) is 0 Å². The lowest BCUT2D eigenvalue weighted by atomic mass is 9.94. The highest BCUT2D eigenvalue weighted by atomic mass is 16.1. The van der Waals surface area contributed by atoms with Crippen LogP contribution in [0.15, 0.2) is 42.5 Å². The Balaban J connectivity index is 1.82. The largest absolute Gasteiger partial charge is 0.295 e. The highest BCUT2D eigenvalue weighted by Crippen LogP contribution is 2.24. The molecule has 1 saturated carbocycles. The van der Waals surface area contributed by atoms with Crippen LogP contribution in [0.2, 0.25) is 0 Å². The molecule has 0 heterocycles. The fraction of sp³-hybridized carbons (Fsp3) is 0.526. The fourth-order valence-corrected chi connectivity index (χ4v) is 3.02. The molecule has 0 amide bonds. The summed E-state index contributed by atoms with van der Waals surface area (Å²) in [6.45, 7) is 2.13. The van der Waals surface area contributed by atoms with Crippen molar-refractivity contribution >= 4 is 5.78 Å². The minimum absolute atomic E-state index is 0.269. The molecule has 0 bridgehead atoms. The molecule has 1 nitrogen and oxygen atoms in total. The maximum Gasteiger partial charge on any atom is 0.155 e. The van der Waals surface area contributed by atoms with Crippen molar-refractivity contribution in [1.82, 2.24) is 0 Å². The maximum atomic E-state index is 12.1. The van der Waals surface area contributed by atoms with Crippen LogP contribution in [-0.4, -0.2) is 5.78 Å². The van der Waals surface area contributed by atoms with Crippen molar-refractivity contribution in [2.24, 2.45) is 5.92 Å². The average Bonchev–Trinajstić information content (AvgIpc) is 2.74. The van der Waals surface area contributed by atoms with Crippen molar-refractivity contribution in [2.75, 3.05) is 0 Å². The van der Waals surface area contributed by atoms with Gasteiger partial charge in [0.15, 0.2) is 5.78 Å². The second-order valence-corrected chi connectivity index (χ2v) is 6.09. The third kappa shape index (κ3) is 4.96. The molecule has 0 N–H and O–H groups in total. The lowest BCUT2D eigenvalue weighted by molar-refractivity contribution is -0.114. The molecular weight excluding hydrogens is 244 g/mol. The van der Waals surface area contributed by atoms with Gasteiger partial charge in [-0.1, -0.05) is 69.0 Å². The van der Waals surface area contributed by atoms with Gasteiger partial charge in [0.1, 0.15) is 0 Å². The summed E-state index contributed by atoms with van der Waals surface area (Å²) in [4.78, 5) is 12.1. The first-order chi connectivity index (χ1) is 9.75. The topological polar surface area (TPSA) is 17.1 Å². The van der Waals surface area contributed by atoms with Gasteiger partial charge >= 0.3 is 0 Å². The Morgan fingerprint density at radius 2 is 1.80 bits per heavy atom. The van der Waals surface area contributed by atoms with Gasteiger partial charge in [-0.15, -0.1) is 0 Å². The minimum atomic E-state index is 0.269. The third-order valence-electron chi connectivity index (χ3n) is 4.33. The van der Waals surface area contributed by atoms with Crippen LogP contribution in [0.1, 0.15) is 63.4 Å². The molecule has 1 unspecified atom stereocenters. The van der Waals surface area contributed by atoms with Crippen LogP contribution >= 0.6 is 0 Å². The van der Waals surface area contributed by atoms with E-state index in [1.165, 1.54) is 44.1 Å². The first-order valence-electron chi connectivity index (χ1n) is 8.01. The predicted molar refractivity (Wildman–Crippen MR) is 84.8 cm³/mol. The van der Waals surface area contributed by atoms with Gasteiger partial charge in [0, 0.05) is 6.42 Å². The van der Waals surface area contributed by atoms with Crippen LogP contribution < -0.4 is 0 Å². The van der Waals surface area contributed by atoms with Gasteiger partial charge in [0.2, 0.25) is 0 Å². The van der Waals surface area contributed by atoms with Crippen LogP contribution in [0.25, 0.3) is 0 Å².